The van der Waals surface area contributed by atoms with Gasteiger partial charge in [0.15, 0.2) is 0 Å². The summed E-state index contributed by atoms with van der Waals surface area (Å²) in [7, 11) is 0. The summed E-state index contributed by atoms with van der Waals surface area (Å²) in [6, 6.07) is 77.1. The number of anilines is 6. The van der Waals surface area contributed by atoms with Crippen molar-refractivity contribution < 1.29 is 0 Å². The third-order valence-corrected chi connectivity index (χ3v) is 15.8. The Morgan fingerprint density at radius 3 is 1.48 bits per heavy atom. The van der Waals surface area contributed by atoms with Crippen molar-refractivity contribution in [3.63, 3.8) is 0 Å². The lowest BCUT2D eigenvalue weighted by molar-refractivity contribution is 0.660. The van der Waals surface area contributed by atoms with Crippen LogP contribution in [0.3, 0.4) is 0 Å². The molecule has 0 saturated heterocycles. The van der Waals surface area contributed by atoms with Crippen LogP contribution in [0, 0.1) is 0 Å². The fraction of sp³-hybridized carbons (Fsp3) is 0.0968. The van der Waals surface area contributed by atoms with E-state index in [-0.39, 0.29) is 10.8 Å². The number of nitrogens with zero attached hydrogens (tertiary/aromatic N) is 2. The molecule has 1 heterocycles. The van der Waals surface area contributed by atoms with Gasteiger partial charge in [0.05, 0.1) is 5.69 Å². The number of rotatable bonds is 6. The van der Waals surface area contributed by atoms with Gasteiger partial charge in [-0.2, -0.15) is 0 Å². The van der Waals surface area contributed by atoms with Gasteiger partial charge in [-0.1, -0.05) is 161 Å². The highest BCUT2D eigenvalue weighted by molar-refractivity contribution is 7.26. The van der Waals surface area contributed by atoms with E-state index >= 15 is 0 Å². The molecule has 0 radical (unpaired) electrons. The van der Waals surface area contributed by atoms with E-state index in [2.05, 4.69) is 244 Å². The standard InChI is InChI=1S/C62H46N2S/c1-61(2)53-24-14-11-21-45(53)47-32-28-43(37-55(47)61)63(40-17-7-5-8-18-40)42-30-34-49-52(36-42)59-39(27-31-51-50-23-13-16-26-58(50)65-60(51)59)35-57(49)64(41-19-9-6-10-20-41)44-29-33-48-46-22-12-15-25-54(46)62(3,4)56(48)38-44/h5-38H,1-4H3. The molecular formula is C62H46N2S. The second-order valence-electron chi connectivity index (χ2n) is 18.9. The maximum absolute atomic E-state index is 2.49. The average molecular weight is 851 g/mol. The molecule has 13 rings (SSSR count). The average Bonchev–Trinajstić information content (AvgIpc) is 3.92. The molecule has 0 unspecified atom stereocenters. The largest absolute Gasteiger partial charge is 0.310 e. The van der Waals surface area contributed by atoms with Crippen molar-refractivity contribution in [1.82, 2.24) is 0 Å². The quantitative estimate of drug-likeness (QED) is 0.154. The second-order valence-corrected chi connectivity index (χ2v) is 20.0. The lowest BCUT2D eigenvalue weighted by Crippen LogP contribution is -2.17. The fourth-order valence-electron chi connectivity index (χ4n) is 11.4. The molecule has 65 heavy (non-hydrogen) atoms. The molecule has 11 aromatic rings. The van der Waals surface area contributed by atoms with Crippen molar-refractivity contribution >= 4 is 87.2 Å². The van der Waals surface area contributed by atoms with Gasteiger partial charge in [-0.05, 0) is 128 Å². The fourth-order valence-corrected chi connectivity index (χ4v) is 12.7. The summed E-state index contributed by atoms with van der Waals surface area (Å²) >= 11 is 1.91. The molecule has 1 aromatic heterocycles. The van der Waals surface area contributed by atoms with Gasteiger partial charge in [0.25, 0.3) is 0 Å². The SMILES string of the molecule is CC1(C)c2ccccc2-c2ccc(N(c3ccccc3)c3ccc4c(N(c5ccccc5)c5ccc6c(c5)C(C)(C)c5ccccc5-6)cc5ccc6c7ccccc7sc6c5c4c3)cc21. The van der Waals surface area contributed by atoms with Crippen LogP contribution in [-0.2, 0) is 10.8 Å². The van der Waals surface area contributed by atoms with E-state index in [1.165, 1.54) is 86.2 Å². The van der Waals surface area contributed by atoms with E-state index in [9.17, 15) is 0 Å². The molecule has 0 spiro atoms. The van der Waals surface area contributed by atoms with Gasteiger partial charge in [-0.15, -0.1) is 11.3 Å². The normalized spacial score (nSPS) is 14.1. The number of fused-ring (bicyclic) bond motifs is 13. The lowest BCUT2D eigenvalue weighted by atomic mass is 9.82. The van der Waals surface area contributed by atoms with Crippen LogP contribution in [0.4, 0.5) is 34.1 Å². The van der Waals surface area contributed by atoms with Gasteiger partial charge >= 0.3 is 0 Å². The van der Waals surface area contributed by atoms with E-state index in [1.54, 1.807) is 0 Å². The summed E-state index contributed by atoms with van der Waals surface area (Å²) in [6.45, 7) is 9.48. The van der Waals surface area contributed by atoms with Crippen LogP contribution in [-0.4, -0.2) is 0 Å². The van der Waals surface area contributed by atoms with E-state index in [1.807, 2.05) is 11.3 Å². The van der Waals surface area contributed by atoms with E-state index in [4.69, 9.17) is 0 Å². The van der Waals surface area contributed by atoms with E-state index in [0.717, 1.165) is 34.1 Å². The molecule has 0 fully saturated rings. The lowest BCUT2D eigenvalue weighted by Gasteiger charge is -2.31. The predicted octanol–water partition coefficient (Wildman–Crippen LogP) is 17.9. The first kappa shape index (κ1) is 38.0. The first-order chi connectivity index (χ1) is 31.8. The van der Waals surface area contributed by atoms with Crippen LogP contribution in [0.15, 0.2) is 206 Å². The molecule has 0 amide bonds. The molecule has 10 aromatic carbocycles. The van der Waals surface area contributed by atoms with Crippen LogP contribution in [0.1, 0.15) is 49.9 Å². The summed E-state index contributed by atoms with van der Waals surface area (Å²) < 4.78 is 2.63. The summed E-state index contributed by atoms with van der Waals surface area (Å²) in [4.78, 5) is 4.95. The van der Waals surface area contributed by atoms with Gasteiger partial charge < -0.3 is 9.80 Å². The van der Waals surface area contributed by atoms with Gasteiger partial charge in [-0.3, -0.25) is 0 Å². The molecule has 0 aliphatic heterocycles. The van der Waals surface area contributed by atoms with Crippen molar-refractivity contribution in [1.29, 1.82) is 0 Å². The van der Waals surface area contributed by atoms with Crippen molar-refractivity contribution in [2.24, 2.45) is 0 Å². The Morgan fingerprint density at radius 2 is 0.831 bits per heavy atom. The van der Waals surface area contributed by atoms with Crippen molar-refractivity contribution in [2.75, 3.05) is 9.80 Å². The summed E-state index contributed by atoms with van der Waals surface area (Å²) in [5, 5.41) is 7.57. The van der Waals surface area contributed by atoms with Crippen molar-refractivity contribution in [2.45, 2.75) is 38.5 Å². The third kappa shape index (κ3) is 5.58. The minimum Gasteiger partial charge on any atom is -0.310 e. The minimum atomic E-state index is -0.131. The zero-order valence-corrected chi connectivity index (χ0v) is 37.7. The Bertz CT molecular complexity index is 3730. The van der Waals surface area contributed by atoms with Crippen LogP contribution < -0.4 is 9.80 Å². The topological polar surface area (TPSA) is 6.48 Å². The number of benzene rings is 10. The first-order valence-corrected chi connectivity index (χ1v) is 23.6. The summed E-state index contributed by atoms with van der Waals surface area (Å²) in [5.41, 5.74) is 17.4. The van der Waals surface area contributed by atoms with Crippen molar-refractivity contribution in [3.05, 3.63) is 229 Å². The zero-order valence-electron chi connectivity index (χ0n) is 36.9. The highest BCUT2D eigenvalue weighted by atomic mass is 32.1. The van der Waals surface area contributed by atoms with Crippen LogP contribution in [0.25, 0.3) is 64.0 Å². The number of thiophene rings is 1. The van der Waals surface area contributed by atoms with Gasteiger partial charge in [0.1, 0.15) is 0 Å². The zero-order chi connectivity index (χ0) is 43.6. The molecule has 3 heteroatoms. The Morgan fingerprint density at radius 1 is 0.338 bits per heavy atom. The summed E-state index contributed by atoms with van der Waals surface area (Å²) in [6.07, 6.45) is 0. The first-order valence-electron chi connectivity index (χ1n) is 22.8. The highest BCUT2D eigenvalue weighted by Gasteiger charge is 2.37. The molecular weight excluding hydrogens is 805 g/mol. The number of hydrogen-bond donors (Lipinski definition) is 0. The van der Waals surface area contributed by atoms with E-state index < -0.39 is 0 Å². The monoisotopic (exact) mass is 850 g/mol. The number of para-hydroxylation sites is 2. The smallest absolute Gasteiger partial charge is 0.0546 e. The third-order valence-electron chi connectivity index (χ3n) is 14.6. The Hall–Kier alpha value is -7.46. The highest BCUT2D eigenvalue weighted by Crippen LogP contribution is 2.54. The van der Waals surface area contributed by atoms with Crippen molar-refractivity contribution in [3.8, 4) is 22.3 Å². The molecule has 0 N–H and O–H groups in total. The second kappa shape index (κ2) is 14.0. The Kier molecular flexibility index (Phi) is 8.20. The maximum Gasteiger partial charge on any atom is 0.0546 e. The molecule has 0 bridgehead atoms. The maximum atomic E-state index is 2.49. The molecule has 310 valence electrons. The number of hydrogen-bond acceptors (Lipinski definition) is 3. The molecule has 2 aliphatic carbocycles. The molecule has 0 atom stereocenters. The summed E-state index contributed by atoms with van der Waals surface area (Å²) in [5.74, 6) is 0. The minimum absolute atomic E-state index is 0.123. The van der Waals surface area contributed by atoms with Crippen LogP contribution >= 0.6 is 11.3 Å². The Balaban J connectivity index is 1.08. The molecule has 2 aliphatic rings. The van der Waals surface area contributed by atoms with Crippen LogP contribution in [0.5, 0.6) is 0 Å². The van der Waals surface area contributed by atoms with Gasteiger partial charge in [0, 0.05) is 70.2 Å². The van der Waals surface area contributed by atoms with E-state index in [0.29, 0.717) is 0 Å². The van der Waals surface area contributed by atoms with Gasteiger partial charge in [0.2, 0.25) is 0 Å². The van der Waals surface area contributed by atoms with Gasteiger partial charge in [-0.25, -0.2) is 0 Å². The van der Waals surface area contributed by atoms with Crippen LogP contribution in [0.2, 0.25) is 0 Å². The predicted molar refractivity (Wildman–Crippen MR) is 279 cm³/mol. The molecule has 0 saturated carbocycles. The Labute approximate surface area is 384 Å². The molecule has 2 nitrogen and oxygen atoms in total.